The molecule has 0 saturated heterocycles. The van der Waals surface area contributed by atoms with E-state index in [1.165, 1.54) is 24.1 Å². The Morgan fingerprint density at radius 3 is 2.95 bits per heavy atom. The van der Waals surface area contributed by atoms with Crippen LogP contribution in [-0.2, 0) is 11.3 Å². The van der Waals surface area contributed by atoms with Gasteiger partial charge < -0.3 is 10.5 Å². The summed E-state index contributed by atoms with van der Waals surface area (Å²) in [7, 11) is 0. The van der Waals surface area contributed by atoms with Gasteiger partial charge in [0.1, 0.15) is 0 Å². The molecule has 0 aromatic carbocycles. The molecule has 2 nitrogen and oxygen atoms in total. The first-order valence-electron chi connectivity index (χ1n) is 7.98. The van der Waals surface area contributed by atoms with Crippen LogP contribution >= 0.6 is 11.3 Å². The Labute approximate surface area is 133 Å². The van der Waals surface area contributed by atoms with Crippen LogP contribution in [0.4, 0.5) is 0 Å². The third kappa shape index (κ3) is 4.85. The zero-order valence-electron chi connectivity index (χ0n) is 13.4. The highest BCUT2D eigenvalue weighted by atomic mass is 32.1. The molecule has 1 aliphatic rings. The average molecular weight is 305 g/mol. The van der Waals surface area contributed by atoms with Crippen LogP contribution in [0.15, 0.2) is 11.4 Å². The standard InChI is InChI=1S/C18H27NOS/c1-13(2)17-7-6-14(3)9-18(17)20-11-16-10-15(12-21-16)5-4-8-19/h10,12-14,17-18H,6-9,11,19H2,1-3H3. The summed E-state index contributed by atoms with van der Waals surface area (Å²) in [6, 6.07) is 2.13. The predicted octanol–water partition coefficient (Wildman–Crippen LogP) is 4.04. The second kappa shape index (κ2) is 7.98. The molecule has 2 N–H and O–H groups in total. The molecule has 1 aromatic heterocycles. The summed E-state index contributed by atoms with van der Waals surface area (Å²) in [5, 5.41) is 2.09. The molecule has 0 radical (unpaired) electrons. The predicted molar refractivity (Wildman–Crippen MR) is 90.2 cm³/mol. The van der Waals surface area contributed by atoms with E-state index in [1.54, 1.807) is 11.3 Å². The van der Waals surface area contributed by atoms with Crippen LogP contribution in [0.3, 0.4) is 0 Å². The lowest BCUT2D eigenvalue weighted by Crippen LogP contribution is -2.34. The maximum absolute atomic E-state index is 6.27. The molecule has 116 valence electrons. The van der Waals surface area contributed by atoms with E-state index >= 15 is 0 Å². The Bertz CT molecular complexity index is 497. The molecule has 0 bridgehead atoms. The highest BCUT2D eigenvalue weighted by Gasteiger charge is 2.31. The normalized spacial score (nSPS) is 25.7. The molecule has 3 heteroatoms. The van der Waals surface area contributed by atoms with Gasteiger partial charge in [0, 0.05) is 15.8 Å². The molecule has 3 atom stereocenters. The minimum absolute atomic E-state index is 0.412. The average Bonchev–Trinajstić information content (AvgIpc) is 2.90. The molecular weight excluding hydrogens is 278 g/mol. The zero-order valence-corrected chi connectivity index (χ0v) is 14.2. The molecule has 2 rings (SSSR count). The fourth-order valence-electron chi connectivity index (χ4n) is 3.17. The van der Waals surface area contributed by atoms with E-state index in [-0.39, 0.29) is 0 Å². The van der Waals surface area contributed by atoms with Gasteiger partial charge in [0.05, 0.1) is 19.3 Å². The maximum atomic E-state index is 6.27. The highest BCUT2D eigenvalue weighted by Crippen LogP contribution is 2.35. The Balaban J connectivity index is 1.92. The van der Waals surface area contributed by atoms with E-state index in [1.807, 2.05) is 0 Å². The van der Waals surface area contributed by atoms with Gasteiger partial charge in [-0.1, -0.05) is 39.0 Å². The number of thiophene rings is 1. The van der Waals surface area contributed by atoms with Crippen molar-refractivity contribution in [1.29, 1.82) is 0 Å². The van der Waals surface area contributed by atoms with Crippen molar-refractivity contribution < 1.29 is 4.74 Å². The molecule has 21 heavy (non-hydrogen) atoms. The van der Waals surface area contributed by atoms with Crippen molar-refractivity contribution in [2.24, 2.45) is 23.5 Å². The van der Waals surface area contributed by atoms with Crippen LogP contribution in [0, 0.1) is 29.6 Å². The highest BCUT2D eigenvalue weighted by molar-refractivity contribution is 7.10. The fourth-order valence-corrected chi connectivity index (χ4v) is 3.91. The number of hydrogen-bond acceptors (Lipinski definition) is 3. The van der Waals surface area contributed by atoms with Gasteiger partial charge in [-0.3, -0.25) is 0 Å². The second-order valence-electron chi connectivity index (χ2n) is 6.48. The quantitative estimate of drug-likeness (QED) is 0.852. The van der Waals surface area contributed by atoms with Crippen LogP contribution < -0.4 is 5.73 Å². The molecule has 1 aliphatic carbocycles. The minimum atomic E-state index is 0.412. The molecule has 1 heterocycles. The monoisotopic (exact) mass is 305 g/mol. The van der Waals surface area contributed by atoms with Crippen molar-refractivity contribution in [3.63, 3.8) is 0 Å². The van der Waals surface area contributed by atoms with E-state index in [0.717, 1.165) is 18.1 Å². The Morgan fingerprint density at radius 2 is 2.24 bits per heavy atom. The van der Waals surface area contributed by atoms with Gasteiger partial charge in [0.25, 0.3) is 0 Å². The maximum Gasteiger partial charge on any atom is 0.0813 e. The van der Waals surface area contributed by atoms with Crippen molar-refractivity contribution in [3.05, 3.63) is 21.9 Å². The van der Waals surface area contributed by atoms with Crippen molar-refractivity contribution in [1.82, 2.24) is 0 Å². The molecule has 0 aliphatic heterocycles. The summed E-state index contributed by atoms with van der Waals surface area (Å²) in [6.07, 6.45) is 4.27. The van der Waals surface area contributed by atoms with E-state index in [2.05, 4.69) is 44.1 Å². The van der Waals surface area contributed by atoms with Gasteiger partial charge >= 0.3 is 0 Å². The molecule has 1 aromatic rings. The summed E-state index contributed by atoms with van der Waals surface area (Å²) >= 11 is 1.73. The van der Waals surface area contributed by atoms with Gasteiger partial charge in [-0.25, -0.2) is 0 Å². The zero-order chi connectivity index (χ0) is 15.2. The molecule has 1 saturated carbocycles. The molecule has 1 fully saturated rings. The first-order valence-corrected chi connectivity index (χ1v) is 8.86. The summed E-state index contributed by atoms with van der Waals surface area (Å²) in [4.78, 5) is 1.26. The lowest BCUT2D eigenvalue weighted by atomic mass is 9.75. The first-order chi connectivity index (χ1) is 10.1. The second-order valence-corrected chi connectivity index (χ2v) is 7.48. The Hall–Kier alpha value is -0.820. The summed E-state index contributed by atoms with van der Waals surface area (Å²) in [5.41, 5.74) is 6.46. The number of nitrogens with two attached hydrogens (primary N) is 1. The third-order valence-corrected chi connectivity index (χ3v) is 5.30. The van der Waals surface area contributed by atoms with Gasteiger partial charge in [-0.15, -0.1) is 11.3 Å². The molecule has 0 spiro atoms. The molecule has 3 unspecified atom stereocenters. The van der Waals surface area contributed by atoms with Crippen LogP contribution in [0.25, 0.3) is 0 Å². The minimum Gasteiger partial charge on any atom is -0.372 e. The fraction of sp³-hybridized carbons (Fsp3) is 0.667. The molecular formula is C18H27NOS. The van der Waals surface area contributed by atoms with E-state index in [4.69, 9.17) is 10.5 Å². The topological polar surface area (TPSA) is 35.2 Å². The van der Waals surface area contributed by atoms with Gasteiger partial charge in [-0.05, 0) is 36.7 Å². The third-order valence-electron chi connectivity index (χ3n) is 4.39. The van der Waals surface area contributed by atoms with E-state index in [0.29, 0.717) is 24.5 Å². The summed E-state index contributed by atoms with van der Waals surface area (Å²) < 4.78 is 6.27. The van der Waals surface area contributed by atoms with Crippen molar-refractivity contribution >= 4 is 11.3 Å². The van der Waals surface area contributed by atoms with Crippen molar-refractivity contribution in [3.8, 4) is 11.8 Å². The first kappa shape index (κ1) is 16.5. The number of hydrogen-bond donors (Lipinski definition) is 1. The largest absolute Gasteiger partial charge is 0.372 e. The Morgan fingerprint density at radius 1 is 1.43 bits per heavy atom. The van der Waals surface area contributed by atoms with Gasteiger partial charge in [0.15, 0.2) is 0 Å². The summed E-state index contributed by atoms with van der Waals surface area (Å²) in [5.74, 6) is 8.17. The van der Waals surface area contributed by atoms with E-state index in [9.17, 15) is 0 Å². The lowest BCUT2D eigenvalue weighted by molar-refractivity contribution is -0.0463. The Kier molecular flexibility index (Phi) is 6.29. The lowest BCUT2D eigenvalue weighted by Gasteiger charge is -2.37. The molecule has 0 amide bonds. The van der Waals surface area contributed by atoms with Crippen molar-refractivity contribution in [2.75, 3.05) is 6.54 Å². The number of ether oxygens (including phenoxy) is 1. The SMILES string of the molecule is CC1CCC(C(C)C)C(OCc2cc(C#CCN)cs2)C1. The van der Waals surface area contributed by atoms with Crippen LogP contribution in [-0.4, -0.2) is 12.6 Å². The van der Waals surface area contributed by atoms with E-state index < -0.39 is 0 Å². The van der Waals surface area contributed by atoms with Crippen LogP contribution in [0.2, 0.25) is 0 Å². The van der Waals surface area contributed by atoms with Gasteiger partial charge in [0.2, 0.25) is 0 Å². The van der Waals surface area contributed by atoms with Crippen molar-refractivity contribution in [2.45, 2.75) is 52.7 Å². The number of rotatable bonds is 4. The van der Waals surface area contributed by atoms with Gasteiger partial charge in [-0.2, -0.15) is 0 Å². The van der Waals surface area contributed by atoms with Crippen LogP contribution in [0.5, 0.6) is 0 Å². The smallest absolute Gasteiger partial charge is 0.0813 e. The van der Waals surface area contributed by atoms with Crippen LogP contribution in [0.1, 0.15) is 50.5 Å². The summed E-state index contributed by atoms with van der Waals surface area (Å²) in [6.45, 7) is 8.12.